The third-order valence-corrected chi connectivity index (χ3v) is 7.58. The van der Waals surface area contributed by atoms with Crippen molar-refractivity contribution in [1.29, 1.82) is 0 Å². The Bertz CT molecular complexity index is 1120. The zero-order valence-corrected chi connectivity index (χ0v) is 21.2. The van der Waals surface area contributed by atoms with E-state index in [1.165, 1.54) is 36.4 Å². The smallest absolute Gasteiger partial charge is 0.326 e. The van der Waals surface area contributed by atoms with Crippen LogP contribution in [0.4, 0.5) is 10.1 Å². The Morgan fingerprint density at radius 2 is 1.74 bits per heavy atom. The van der Waals surface area contributed by atoms with Crippen LogP contribution in [0.3, 0.4) is 0 Å². The zero-order chi connectivity index (χ0) is 25.6. The fourth-order valence-electron chi connectivity index (χ4n) is 3.55. The van der Waals surface area contributed by atoms with Crippen LogP contribution in [0.15, 0.2) is 47.4 Å². The summed E-state index contributed by atoms with van der Waals surface area (Å²) in [5.41, 5.74) is 0.602. The fourth-order valence-corrected chi connectivity index (χ4v) is 5.36. The number of nitrogens with one attached hydrogen (secondary N) is 1. The number of amides is 1. The SMILES string of the molecule is Cc1ccc(F)c(N([C@H](C)CCCC(=O)NC(C(=O)O)C(C)C)S(=O)(=O)c2ccc(Cl)cc2)c1. The number of rotatable bonds is 11. The largest absolute Gasteiger partial charge is 0.480 e. The van der Waals surface area contributed by atoms with Crippen LogP contribution >= 0.6 is 11.6 Å². The van der Waals surface area contributed by atoms with E-state index in [0.717, 1.165) is 4.31 Å². The molecule has 0 aliphatic rings. The van der Waals surface area contributed by atoms with Gasteiger partial charge >= 0.3 is 5.97 Å². The van der Waals surface area contributed by atoms with Crippen LogP contribution in [0.1, 0.15) is 45.6 Å². The summed E-state index contributed by atoms with van der Waals surface area (Å²) in [5, 5.41) is 12.1. The van der Waals surface area contributed by atoms with E-state index in [-0.39, 0.29) is 35.8 Å². The second-order valence-electron chi connectivity index (χ2n) is 8.58. The first-order valence-corrected chi connectivity index (χ1v) is 12.7. The summed E-state index contributed by atoms with van der Waals surface area (Å²) in [5.74, 6) is -2.53. The van der Waals surface area contributed by atoms with Crippen molar-refractivity contribution in [3.05, 3.63) is 58.9 Å². The van der Waals surface area contributed by atoms with E-state index in [4.69, 9.17) is 11.6 Å². The van der Waals surface area contributed by atoms with Crippen LogP contribution in [-0.4, -0.2) is 37.5 Å². The minimum atomic E-state index is -4.15. The van der Waals surface area contributed by atoms with Crippen LogP contribution < -0.4 is 9.62 Å². The molecule has 186 valence electrons. The average Bonchev–Trinajstić information content (AvgIpc) is 2.74. The van der Waals surface area contributed by atoms with Gasteiger partial charge in [-0.3, -0.25) is 9.10 Å². The summed E-state index contributed by atoms with van der Waals surface area (Å²) in [6, 6.07) is 8.14. The molecule has 0 spiro atoms. The van der Waals surface area contributed by atoms with Crippen molar-refractivity contribution in [3.8, 4) is 0 Å². The van der Waals surface area contributed by atoms with Gasteiger partial charge in [0.25, 0.3) is 10.0 Å². The third kappa shape index (κ3) is 6.93. The number of anilines is 1. The summed E-state index contributed by atoms with van der Waals surface area (Å²) in [4.78, 5) is 23.5. The molecule has 0 saturated carbocycles. The standard InChI is InChI=1S/C24H30ClFN2O5S/c1-15(2)23(24(30)31)27-22(29)7-5-6-17(4)28(21-14-16(3)8-13-20(21)26)34(32,33)19-11-9-18(25)10-12-19/h8-15,17,23H,5-7H2,1-4H3,(H,27,29)(H,30,31)/t17-,23?/m1/s1. The number of carbonyl (C=O) groups is 2. The highest BCUT2D eigenvalue weighted by Crippen LogP contribution is 2.31. The summed E-state index contributed by atoms with van der Waals surface area (Å²) in [6.07, 6.45) is 0.524. The van der Waals surface area contributed by atoms with E-state index < -0.39 is 39.8 Å². The minimum Gasteiger partial charge on any atom is -0.480 e. The van der Waals surface area contributed by atoms with Crippen LogP contribution in [0.25, 0.3) is 0 Å². The van der Waals surface area contributed by atoms with Gasteiger partial charge in [0.1, 0.15) is 11.9 Å². The Hall–Kier alpha value is -2.65. The van der Waals surface area contributed by atoms with Gasteiger partial charge in [-0.15, -0.1) is 0 Å². The number of hydrogen-bond donors (Lipinski definition) is 2. The highest BCUT2D eigenvalue weighted by molar-refractivity contribution is 7.92. The zero-order valence-electron chi connectivity index (χ0n) is 19.6. The first-order valence-electron chi connectivity index (χ1n) is 10.9. The van der Waals surface area contributed by atoms with E-state index in [1.54, 1.807) is 33.8 Å². The predicted molar refractivity (Wildman–Crippen MR) is 130 cm³/mol. The maximum Gasteiger partial charge on any atom is 0.326 e. The van der Waals surface area contributed by atoms with Crippen molar-refractivity contribution >= 4 is 39.2 Å². The lowest BCUT2D eigenvalue weighted by Gasteiger charge is -2.31. The highest BCUT2D eigenvalue weighted by Gasteiger charge is 2.32. The molecule has 2 aromatic rings. The number of halogens is 2. The Kier molecular flexibility index (Phi) is 9.46. The molecule has 2 rings (SSSR count). The molecule has 0 radical (unpaired) electrons. The molecule has 0 saturated heterocycles. The molecule has 2 atom stereocenters. The van der Waals surface area contributed by atoms with Gasteiger partial charge in [0.2, 0.25) is 5.91 Å². The van der Waals surface area contributed by atoms with Gasteiger partial charge in [-0.25, -0.2) is 17.6 Å². The average molecular weight is 513 g/mol. The van der Waals surface area contributed by atoms with Gasteiger partial charge in [0, 0.05) is 17.5 Å². The third-order valence-electron chi connectivity index (χ3n) is 5.38. The van der Waals surface area contributed by atoms with Crippen molar-refractivity contribution in [3.63, 3.8) is 0 Å². The van der Waals surface area contributed by atoms with Crippen molar-refractivity contribution in [1.82, 2.24) is 5.32 Å². The number of carbonyl (C=O) groups excluding carboxylic acids is 1. The van der Waals surface area contributed by atoms with Gasteiger partial charge < -0.3 is 10.4 Å². The van der Waals surface area contributed by atoms with Gasteiger partial charge in [0.05, 0.1) is 10.6 Å². The van der Waals surface area contributed by atoms with Gasteiger partial charge in [-0.05, 0) is 74.6 Å². The van der Waals surface area contributed by atoms with Crippen LogP contribution in [-0.2, 0) is 19.6 Å². The van der Waals surface area contributed by atoms with E-state index >= 15 is 0 Å². The number of aliphatic carboxylic acids is 1. The summed E-state index contributed by atoms with van der Waals surface area (Å²) in [6.45, 7) is 6.76. The summed E-state index contributed by atoms with van der Waals surface area (Å²) < 4.78 is 42.8. The molecular formula is C24H30ClFN2O5S. The second kappa shape index (κ2) is 11.7. The minimum absolute atomic E-state index is 0.00592. The Morgan fingerprint density at radius 3 is 2.29 bits per heavy atom. The molecule has 34 heavy (non-hydrogen) atoms. The Morgan fingerprint density at radius 1 is 1.12 bits per heavy atom. The molecule has 2 aromatic carbocycles. The number of hydrogen-bond acceptors (Lipinski definition) is 4. The van der Waals surface area contributed by atoms with Gasteiger partial charge in [0.15, 0.2) is 0 Å². The fraction of sp³-hybridized carbons (Fsp3) is 0.417. The van der Waals surface area contributed by atoms with Gasteiger partial charge in [-0.2, -0.15) is 0 Å². The number of nitrogens with zero attached hydrogens (tertiary/aromatic N) is 1. The van der Waals surface area contributed by atoms with Gasteiger partial charge in [-0.1, -0.05) is 31.5 Å². The normalized spacial score (nSPS) is 13.4. The molecule has 0 aromatic heterocycles. The molecular weight excluding hydrogens is 483 g/mol. The van der Waals surface area contributed by atoms with Crippen molar-refractivity contribution in [2.24, 2.45) is 5.92 Å². The lowest BCUT2D eigenvalue weighted by molar-refractivity contribution is -0.143. The maximum absolute atomic E-state index is 14.8. The number of aryl methyl sites for hydroxylation is 1. The van der Waals surface area contributed by atoms with E-state index in [2.05, 4.69) is 5.32 Å². The Balaban J connectivity index is 2.26. The van der Waals surface area contributed by atoms with Crippen LogP contribution in [0.2, 0.25) is 5.02 Å². The predicted octanol–water partition coefficient (Wildman–Crippen LogP) is 4.77. The molecule has 10 heteroatoms. The molecule has 7 nitrogen and oxygen atoms in total. The van der Waals surface area contributed by atoms with E-state index in [0.29, 0.717) is 10.6 Å². The topological polar surface area (TPSA) is 104 Å². The van der Waals surface area contributed by atoms with Crippen LogP contribution in [0, 0.1) is 18.7 Å². The molecule has 0 heterocycles. The number of carboxylic acid groups (broad SMARTS) is 1. The highest BCUT2D eigenvalue weighted by atomic mass is 35.5. The van der Waals surface area contributed by atoms with Crippen molar-refractivity contribution in [2.45, 2.75) is 63.9 Å². The first-order chi connectivity index (χ1) is 15.8. The van der Waals surface area contributed by atoms with E-state index in [1.807, 2.05) is 0 Å². The maximum atomic E-state index is 14.8. The van der Waals surface area contributed by atoms with Crippen molar-refractivity contribution in [2.75, 3.05) is 4.31 Å². The lowest BCUT2D eigenvalue weighted by Crippen LogP contribution is -2.44. The monoisotopic (exact) mass is 512 g/mol. The van der Waals surface area contributed by atoms with Crippen molar-refractivity contribution < 1.29 is 27.5 Å². The number of carboxylic acids is 1. The second-order valence-corrected chi connectivity index (χ2v) is 10.8. The molecule has 0 aliphatic heterocycles. The lowest BCUT2D eigenvalue weighted by atomic mass is 10.0. The Labute approximate surface area is 205 Å². The molecule has 1 unspecified atom stereocenters. The first kappa shape index (κ1) is 27.6. The molecule has 0 aliphatic carbocycles. The molecule has 1 amide bonds. The molecule has 0 fully saturated rings. The van der Waals surface area contributed by atoms with Crippen LogP contribution in [0.5, 0.6) is 0 Å². The summed E-state index contributed by atoms with van der Waals surface area (Å²) in [7, 11) is -4.15. The summed E-state index contributed by atoms with van der Waals surface area (Å²) >= 11 is 5.90. The number of benzene rings is 2. The molecule has 2 N–H and O–H groups in total. The molecule has 0 bridgehead atoms. The number of sulfonamides is 1. The quantitative estimate of drug-likeness (QED) is 0.451. The van der Waals surface area contributed by atoms with E-state index in [9.17, 15) is 27.5 Å².